The minimum absolute atomic E-state index is 0.00355. The highest BCUT2D eigenvalue weighted by molar-refractivity contribution is 14.1. The lowest BCUT2D eigenvalue weighted by Gasteiger charge is -2.31. The van der Waals surface area contributed by atoms with Gasteiger partial charge in [0.05, 0.1) is 18.3 Å². The van der Waals surface area contributed by atoms with Gasteiger partial charge in [-0.3, -0.25) is 9.59 Å². The van der Waals surface area contributed by atoms with Crippen LogP contribution in [0.15, 0.2) is 35.9 Å². The zero-order chi connectivity index (χ0) is 27.0. The van der Waals surface area contributed by atoms with Crippen molar-refractivity contribution in [1.29, 1.82) is 0 Å². The van der Waals surface area contributed by atoms with Gasteiger partial charge in [0, 0.05) is 33.9 Å². The van der Waals surface area contributed by atoms with Crippen LogP contribution >= 0.6 is 22.6 Å². The van der Waals surface area contributed by atoms with Gasteiger partial charge < -0.3 is 35.1 Å². The molecule has 1 aromatic carbocycles. The zero-order valence-electron chi connectivity index (χ0n) is 21.1. The molecule has 5 atom stereocenters. The molecule has 5 unspecified atom stereocenters. The molecule has 0 radical (unpaired) electrons. The highest BCUT2D eigenvalue weighted by atomic mass is 127. The minimum atomic E-state index is -1.22. The van der Waals surface area contributed by atoms with Crippen LogP contribution in [-0.2, 0) is 23.8 Å². The second kappa shape index (κ2) is 11.2. The summed E-state index contributed by atoms with van der Waals surface area (Å²) < 4.78 is 20.0. The van der Waals surface area contributed by atoms with Crippen LogP contribution in [-0.4, -0.2) is 77.4 Å². The van der Waals surface area contributed by atoms with Crippen molar-refractivity contribution in [3.63, 3.8) is 0 Å². The van der Waals surface area contributed by atoms with E-state index in [1.807, 2.05) is 6.07 Å². The Hall–Kier alpha value is -2.06. The van der Waals surface area contributed by atoms with Crippen LogP contribution < -0.4 is 10.6 Å². The van der Waals surface area contributed by atoms with Crippen molar-refractivity contribution in [2.24, 2.45) is 11.8 Å². The Bertz CT molecular complexity index is 1100. The highest BCUT2D eigenvalue weighted by Crippen LogP contribution is 2.59. The van der Waals surface area contributed by atoms with E-state index in [2.05, 4.69) is 33.2 Å². The van der Waals surface area contributed by atoms with Gasteiger partial charge in [-0.25, -0.2) is 4.79 Å². The Morgan fingerprint density at radius 2 is 1.89 bits per heavy atom. The number of benzene rings is 1. The van der Waals surface area contributed by atoms with Crippen LogP contribution in [0.2, 0.25) is 0 Å². The monoisotopic (exact) mass is 640 g/mol. The first-order valence-electron chi connectivity index (χ1n) is 13.1. The normalized spacial score (nSPS) is 27.5. The molecule has 1 aromatic rings. The number of fused-ring (bicyclic) bond motifs is 1. The molecule has 2 amide bonds. The first kappa shape index (κ1) is 27.5. The number of rotatable bonds is 10. The lowest BCUT2D eigenvalue weighted by Crippen LogP contribution is -2.54. The third-order valence-electron chi connectivity index (χ3n) is 7.48. The van der Waals surface area contributed by atoms with Crippen LogP contribution in [0.3, 0.4) is 0 Å². The number of hydrogen-bond donors (Lipinski definition) is 4. The summed E-state index contributed by atoms with van der Waals surface area (Å²) in [5, 5.41) is 24.2. The second-order valence-corrected chi connectivity index (χ2v) is 11.7. The van der Waals surface area contributed by atoms with Crippen molar-refractivity contribution in [3.8, 4) is 0 Å². The number of nitrogens with one attached hydrogen (secondary N) is 2. The summed E-state index contributed by atoms with van der Waals surface area (Å²) in [7, 11) is 0. The summed E-state index contributed by atoms with van der Waals surface area (Å²) in [5.41, 5.74) is 0.691. The molecule has 206 valence electrons. The summed E-state index contributed by atoms with van der Waals surface area (Å²) in [6.07, 6.45) is 2.73. The topological polar surface area (TPSA) is 143 Å². The predicted molar refractivity (Wildman–Crippen MR) is 143 cm³/mol. The quantitative estimate of drug-likeness (QED) is 0.222. The number of carbonyl (C=O) groups excluding carboxylic acids is 3. The van der Waals surface area contributed by atoms with Crippen molar-refractivity contribution in [2.75, 3.05) is 13.2 Å². The first-order valence-corrected chi connectivity index (χ1v) is 14.2. The molecule has 0 aromatic heterocycles. The van der Waals surface area contributed by atoms with Gasteiger partial charge in [-0.15, -0.1) is 0 Å². The molecule has 11 heteroatoms. The molecule has 1 heterocycles. The number of hydrogen-bond acceptors (Lipinski definition) is 8. The van der Waals surface area contributed by atoms with Gasteiger partial charge in [0.15, 0.2) is 5.79 Å². The van der Waals surface area contributed by atoms with Crippen molar-refractivity contribution < 1.29 is 38.8 Å². The van der Waals surface area contributed by atoms with E-state index >= 15 is 0 Å². The highest BCUT2D eigenvalue weighted by Gasteiger charge is 2.64. The molecule has 1 aliphatic heterocycles. The van der Waals surface area contributed by atoms with E-state index in [1.54, 1.807) is 24.3 Å². The van der Waals surface area contributed by atoms with Crippen LogP contribution in [0.25, 0.3) is 0 Å². The van der Waals surface area contributed by atoms with Gasteiger partial charge in [-0.05, 0) is 79.5 Å². The SMILES string of the molecule is CC(O)C(NC(=O)C1=CC2OC(C3CC3)(C3CC3)OC2C(OC(=O)c2cccc(I)c2)C1)C(=O)NCCO. The first-order chi connectivity index (χ1) is 18.2. The van der Waals surface area contributed by atoms with Crippen LogP contribution in [0, 0.1) is 15.4 Å². The summed E-state index contributed by atoms with van der Waals surface area (Å²) >= 11 is 2.13. The number of amides is 2. The largest absolute Gasteiger partial charge is 0.456 e. The smallest absolute Gasteiger partial charge is 0.338 e. The van der Waals surface area contributed by atoms with E-state index in [-0.39, 0.29) is 31.4 Å². The second-order valence-electron chi connectivity index (χ2n) is 10.5. The van der Waals surface area contributed by atoms with Crippen LogP contribution in [0.5, 0.6) is 0 Å². The average Bonchev–Trinajstić information content (AvgIpc) is 3.82. The molecule has 4 aliphatic rings. The fourth-order valence-electron chi connectivity index (χ4n) is 5.32. The van der Waals surface area contributed by atoms with Crippen LogP contribution in [0.1, 0.15) is 49.4 Å². The molecule has 38 heavy (non-hydrogen) atoms. The molecule has 4 N–H and O–H groups in total. The van der Waals surface area contributed by atoms with Crippen molar-refractivity contribution in [2.45, 2.75) is 75.3 Å². The molecule has 10 nitrogen and oxygen atoms in total. The number of esters is 1. The van der Waals surface area contributed by atoms with Crippen molar-refractivity contribution >= 4 is 40.4 Å². The lowest BCUT2D eigenvalue weighted by molar-refractivity contribution is -0.209. The molecular formula is C27H33IN2O8. The molecule has 5 rings (SSSR count). The van der Waals surface area contributed by atoms with E-state index in [1.165, 1.54) is 6.92 Å². The Balaban J connectivity index is 1.38. The number of ether oxygens (including phenoxy) is 3. The van der Waals surface area contributed by atoms with E-state index in [0.29, 0.717) is 11.1 Å². The van der Waals surface area contributed by atoms with Gasteiger partial charge in [0.1, 0.15) is 24.4 Å². The lowest BCUT2D eigenvalue weighted by atomic mass is 9.91. The summed E-state index contributed by atoms with van der Waals surface area (Å²) in [5.74, 6) is -1.85. The fourth-order valence-corrected chi connectivity index (χ4v) is 5.86. The standard InChI is InChI=1S/C27H33IN2O8/c1-14(32)22(25(34)29-9-10-31)30-24(33)16-12-20(36-26(35)15-3-2-4-19(28)11-15)23-21(13-16)37-27(38-23,17-5-6-17)18-7-8-18/h2-4,11,13-14,17-18,20-23,31-32H,5-10,12H2,1H3,(H,29,34)(H,30,33). The van der Waals surface area contributed by atoms with Gasteiger partial charge in [0.25, 0.3) is 0 Å². The fraction of sp³-hybridized carbons (Fsp3) is 0.593. The molecule has 0 spiro atoms. The molecule has 0 bridgehead atoms. The van der Waals surface area contributed by atoms with Gasteiger partial charge in [-0.1, -0.05) is 6.07 Å². The molecular weight excluding hydrogens is 607 g/mol. The predicted octanol–water partition coefficient (Wildman–Crippen LogP) is 1.42. The third kappa shape index (κ3) is 5.76. The Kier molecular flexibility index (Phi) is 8.11. The summed E-state index contributed by atoms with van der Waals surface area (Å²) in [6, 6.07) is 5.84. The maximum absolute atomic E-state index is 13.3. The van der Waals surface area contributed by atoms with E-state index < -0.39 is 54.0 Å². The number of carbonyl (C=O) groups is 3. The van der Waals surface area contributed by atoms with Gasteiger partial charge >= 0.3 is 5.97 Å². The average molecular weight is 640 g/mol. The summed E-state index contributed by atoms with van der Waals surface area (Å²) in [4.78, 5) is 38.9. The molecule has 2 saturated carbocycles. The number of halogens is 1. The maximum Gasteiger partial charge on any atom is 0.338 e. The Morgan fingerprint density at radius 3 is 2.50 bits per heavy atom. The van der Waals surface area contributed by atoms with E-state index in [0.717, 1.165) is 29.3 Å². The molecule has 3 aliphatic carbocycles. The van der Waals surface area contributed by atoms with Crippen molar-refractivity contribution in [3.05, 3.63) is 45.0 Å². The summed E-state index contributed by atoms with van der Waals surface area (Å²) in [6.45, 7) is 1.12. The Labute approximate surface area is 234 Å². The van der Waals surface area contributed by atoms with E-state index in [9.17, 15) is 19.5 Å². The van der Waals surface area contributed by atoms with Crippen LogP contribution in [0.4, 0.5) is 0 Å². The van der Waals surface area contributed by atoms with E-state index in [4.69, 9.17) is 19.3 Å². The Morgan fingerprint density at radius 1 is 1.18 bits per heavy atom. The molecule has 1 saturated heterocycles. The number of aliphatic hydroxyl groups excluding tert-OH is 2. The van der Waals surface area contributed by atoms with Crippen molar-refractivity contribution in [1.82, 2.24) is 10.6 Å². The zero-order valence-corrected chi connectivity index (χ0v) is 23.3. The van der Waals surface area contributed by atoms with Gasteiger partial charge in [0.2, 0.25) is 11.8 Å². The third-order valence-corrected chi connectivity index (χ3v) is 8.15. The molecule has 3 fully saturated rings. The maximum atomic E-state index is 13.3. The number of aliphatic hydroxyl groups is 2. The minimum Gasteiger partial charge on any atom is -0.456 e. The van der Waals surface area contributed by atoms with Gasteiger partial charge in [-0.2, -0.15) is 0 Å².